The van der Waals surface area contributed by atoms with E-state index in [-0.39, 0.29) is 17.1 Å². The summed E-state index contributed by atoms with van der Waals surface area (Å²) < 4.78 is 1.75. The maximum Gasteiger partial charge on any atom is 0.254 e. The quantitative estimate of drug-likeness (QED) is 0.461. The van der Waals surface area contributed by atoms with Crippen molar-refractivity contribution in [2.75, 3.05) is 10.6 Å². The minimum atomic E-state index is -0.605. The number of carbonyl (C=O) groups excluding carboxylic acids is 1. The third-order valence-corrected chi connectivity index (χ3v) is 5.16. The van der Waals surface area contributed by atoms with Crippen molar-refractivity contribution in [3.8, 4) is 5.69 Å². The standard InChI is InChI=1S/C20H24N8O/c1-2-16(20(22)7-8-20)26-19-23-12-15(17(21)29)18(27-19)25-13-5-3-6-14(11-13)28-10-4-9-24-28/h3-6,9-12,16H,2,7-8,22H2,1H3,(H2,21,29)(H2,23,25,26,27). The summed E-state index contributed by atoms with van der Waals surface area (Å²) >= 11 is 0. The van der Waals surface area contributed by atoms with Crippen molar-refractivity contribution < 1.29 is 4.79 Å². The number of carbonyl (C=O) groups is 1. The van der Waals surface area contributed by atoms with Crippen molar-refractivity contribution in [2.45, 2.75) is 37.8 Å². The van der Waals surface area contributed by atoms with Gasteiger partial charge < -0.3 is 22.1 Å². The Morgan fingerprint density at radius 2 is 2.17 bits per heavy atom. The Morgan fingerprint density at radius 1 is 1.34 bits per heavy atom. The largest absolute Gasteiger partial charge is 0.365 e. The second-order valence-electron chi connectivity index (χ2n) is 7.28. The molecule has 9 nitrogen and oxygen atoms in total. The molecular formula is C20H24N8O. The van der Waals surface area contributed by atoms with Gasteiger partial charge in [-0.25, -0.2) is 9.67 Å². The van der Waals surface area contributed by atoms with Crippen LogP contribution in [0.1, 0.15) is 36.5 Å². The number of anilines is 3. The zero-order chi connectivity index (χ0) is 20.4. The summed E-state index contributed by atoms with van der Waals surface area (Å²) in [5.74, 6) is 0.139. The Hall–Kier alpha value is -3.46. The number of hydrogen-bond donors (Lipinski definition) is 4. The van der Waals surface area contributed by atoms with Crippen molar-refractivity contribution in [1.82, 2.24) is 19.7 Å². The van der Waals surface area contributed by atoms with Gasteiger partial charge >= 0.3 is 0 Å². The average Bonchev–Trinajstić information content (AvgIpc) is 3.23. The van der Waals surface area contributed by atoms with Gasteiger partial charge in [-0.15, -0.1) is 0 Å². The molecule has 0 radical (unpaired) electrons. The number of nitrogens with two attached hydrogens (primary N) is 2. The zero-order valence-electron chi connectivity index (χ0n) is 16.2. The van der Waals surface area contributed by atoms with Crippen LogP contribution in [0.2, 0.25) is 0 Å². The molecule has 0 saturated heterocycles. The lowest BCUT2D eigenvalue weighted by Gasteiger charge is -2.23. The van der Waals surface area contributed by atoms with Crippen LogP contribution in [-0.4, -0.2) is 37.2 Å². The summed E-state index contributed by atoms with van der Waals surface area (Å²) in [4.78, 5) is 20.6. The molecule has 2 heterocycles. The van der Waals surface area contributed by atoms with Gasteiger partial charge in [0, 0.05) is 35.9 Å². The second-order valence-corrected chi connectivity index (χ2v) is 7.28. The average molecular weight is 392 g/mol. The summed E-state index contributed by atoms with van der Waals surface area (Å²) in [6, 6.07) is 9.52. The van der Waals surface area contributed by atoms with Crippen molar-refractivity contribution in [1.29, 1.82) is 0 Å². The van der Waals surface area contributed by atoms with Gasteiger partial charge in [-0.1, -0.05) is 13.0 Å². The molecule has 0 bridgehead atoms. The third-order valence-electron chi connectivity index (χ3n) is 5.16. The number of rotatable bonds is 8. The highest BCUT2D eigenvalue weighted by Crippen LogP contribution is 2.38. The van der Waals surface area contributed by atoms with Crippen molar-refractivity contribution in [2.24, 2.45) is 11.5 Å². The van der Waals surface area contributed by atoms with Crippen LogP contribution in [0.3, 0.4) is 0 Å². The van der Waals surface area contributed by atoms with Crippen LogP contribution in [0, 0.1) is 0 Å². The SMILES string of the molecule is CCC(Nc1ncc(C(N)=O)c(Nc2cccc(-n3cccn3)c2)n1)C1(N)CC1. The molecule has 3 aromatic rings. The van der Waals surface area contributed by atoms with Crippen LogP contribution >= 0.6 is 0 Å². The molecule has 1 saturated carbocycles. The highest BCUT2D eigenvalue weighted by Gasteiger charge is 2.45. The smallest absolute Gasteiger partial charge is 0.254 e. The Balaban J connectivity index is 1.61. The minimum Gasteiger partial charge on any atom is -0.365 e. The van der Waals surface area contributed by atoms with Gasteiger partial charge in [0.05, 0.1) is 5.69 Å². The molecule has 29 heavy (non-hydrogen) atoms. The minimum absolute atomic E-state index is 0.0675. The summed E-state index contributed by atoms with van der Waals surface area (Å²) in [6.07, 6.45) is 7.80. The first kappa shape index (κ1) is 18.9. The maximum absolute atomic E-state index is 11.9. The van der Waals surface area contributed by atoms with Gasteiger partial charge in [0.25, 0.3) is 5.91 Å². The van der Waals surface area contributed by atoms with Crippen LogP contribution in [0.4, 0.5) is 17.5 Å². The number of benzene rings is 1. The van der Waals surface area contributed by atoms with Crippen LogP contribution < -0.4 is 22.1 Å². The van der Waals surface area contributed by atoms with Gasteiger partial charge in [0.2, 0.25) is 5.95 Å². The van der Waals surface area contributed by atoms with Gasteiger partial charge in [-0.2, -0.15) is 10.1 Å². The molecule has 4 rings (SSSR count). The van der Waals surface area contributed by atoms with E-state index in [1.165, 1.54) is 6.20 Å². The molecule has 1 unspecified atom stereocenters. The molecule has 1 fully saturated rings. The highest BCUT2D eigenvalue weighted by atomic mass is 16.1. The summed E-state index contributed by atoms with van der Waals surface area (Å²) in [5, 5.41) is 10.7. The third kappa shape index (κ3) is 4.04. The Morgan fingerprint density at radius 3 is 2.83 bits per heavy atom. The van der Waals surface area contributed by atoms with Gasteiger partial charge in [-0.3, -0.25) is 4.79 Å². The summed E-state index contributed by atoms with van der Waals surface area (Å²) in [6.45, 7) is 2.07. The maximum atomic E-state index is 11.9. The van der Waals surface area contributed by atoms with E-state index in [4.69, 9.17) is 11.5 Å². The normalized spacial score (nSPS) is 15.5. The molecule has 0 spiro atoms. The predicted molar refractivity (Wildman–Crippen MR) is 111 cm³/mol. The molecule has 1 atom stereocenters. The van der Waals surface area contributed by atoms with Crippen LogP contribution in [-0.2, 0) is 0 Å². The van der Waals surface area contributed by atoms with E-state index >= 15 is 0 Å². The first-order chi connectivity index (χ1) is 14.0. The molecule has 1 aliphatic rings. The highest BCUT2D eigenvalue weighted by molar-refractivity contribution is 5.98. The van der Waals surface area contributed by atoms with E-state index in [1.54, 1.807) is 10.9 Å². The van der Waals surface area contributed by atoms with Gasteiger partial charge in [-0.05, 0) is 43.5 Å². The first-order valence-corrected chi connectivity index (χ1v) is 9.58. The molecule has 2 aromatic heterocycles. The lowest BCUT2D eigenvalue weighted by Crippen LogP contribution is -2.42. The summed E-state index contributed by atoms with van der Waals surface area (Å²) in [5.41, 5.74) is 13.5. The van der Waals surface area contributed by atoms with E-state index in [2.05, 4.69) is 32.6 Å². The van der Waals surface area contributed by atoms with Crippen molar-refractivity contribution in [3.63, 3.8) is 0 Å². The molecule has 1 aromatic carbocycles. The topological polar surface area (TPSA) is 137 Å². The number of aromatic nitrogens is 4. The number of amides is 1. The molecule has 0 aliphatic heterocycles. The Kier molecular flexibility index (Phi) is 4.89. The van der Waals surface area contributed by atoms with E-state index in [0.29, 0.717) is 11.8 Å². The van der Waals surface area contributed by atoms with E-state index in [0.717, 1.165) is 30.6 Å². The Bertz CT molecular complexity index is 1010. The second kappa shape index (κ2) is 7.51. The molecular weight excluding hydrogens is 368 g/mol. The fraction of sp³-hybridized carbons (Fsp3) is 0.300. The van der Waals surface area contributed by atoms with Crippen LogP contribution in [0.5, 0.6) is 0 Å². The fourth-order valence-electron chi connectivity index (χ4n) is 3.31. The van der Waals surface area contributed by atoms with E-state index in [9.17, 15) is 4.79 Å². The van der Waals surface area contributed by atoms with Gasteiger partial charge in [0.1, 0.15) is 11.4 Å². The molecule has 150 valence electrons. The lowest BCUT2D eigenvalue weighted by atomic mass is 10.1. The lowest BCUT2D eigenvalue weighted by molar-refractivity contribution is 0.100. The number of primary amides is 1. The number of hydrogen-bond acceptors (Lipinski definition) is 7. The van der Waals surface area contributed by atoms with Crippen LogP contribution in [0.25, 0.3) is 5.69 Å². The predicted octanol–water partition coefficient (Wildman–Crippen LogP) is 2.19. The fourth-order valence-corrected chi connectivity index (χ4v) is 3.31. The first-order valence-electron chi connectivity index (χ1n) is 9.58. The molecule has 1 amide bonds. The van der Waals surface area contributed by atoms with Crippen LogP contribution in [0.15, 0.2) is 48.9 Å². The van der Waals surface area contributed by atoms with Crippen molar-refractivity contribution in [3.05, 3.63) is 54.5 Å². The zero-order valence-corrected chi connectivity index (χ0v) is 16.2. The monoisotopic (exact) mass is 392 g/mol. The van der Waals surface area contributed by atoms with Crippen molar-refractivity contribution >= 4 is 23.4 Å². The summed E-state index contributed by atoms with van der Waals surface area (Å²) in [7, 11) is 0. The molecule has 6 N–H and O–H groups in total. The molecule has 1 aliphatic carbocycles. The number of nitrogens with one attached hydrogen (secondary N) is 2. The van der Waals surface area contributed by atoms with E-state index < -0.39 is 5.91 Å². The number of nitrogens with zero attached hydrogens (tertiary/aromatic N) is 4. The van der Waals surface area contributed by atoms with E-state index in [1.807, 2.05) is 36.5 Å². The molecule has 9 heteroatoms. The Labute approximate surface area is 168 Å². The van der Waals surface area contributed by atoms with Gasteiger partial charge in [0.15, 0.2) is 0 Å².